The van der Waals surface area contributed by atoms with Crippen LogP contribution in [0.25, 0.3) is 10.2 Å². The van der Waals surface area contributed by atoms with Crippen LogP contribution in [0.4, 0.5) is 15.6 Å². The van der Waals surface area contributed by atoms with E-state index in [2.05, 4.69) is 33.1 Å². The van der Waals surface area contributed by atoms with E-state index in [1.165, 1.54) is 22.5 Å². The lowest BCUT2D eigenvalue weighted by atomic mass is 10.1. The number of carbonyl (C=O) groups excluding carboxylic acids is 2. The first-order chi connectivity index (χ1) is 16.0. The Kier molecular flexibility index (Phi) is 5.74. The van der Waals surface area contributed by atoms with Gasteiger partial charge in [-0.15, -0.1) is 0 Å². The molecule has 3 amide bonds. The zero-order valence-corrected chi connectivity index (χ0v) is 19.4. The third kappa shape index (κ3) is 4.42. The number of anilines is 2. The van der Waals surface area contributed by atoms with Gasteiger partial charge in [-0.3, -0.25) is 10.1 Å². The van der Waals surface area contributed by atoms with Gasteiger partial charge >= 0.3 is 6.03 Å². The highest BCUT2D eigenvalue weighted by molar-refractivity contribution is 7.22. The Balaban J connectivity index is 1.28. The average molecular weight is 477 g/mol. The first kappa shape index (κ1) is 21.4. The van der Waals surface area contributed by atoms with E-state index in [-0.39, 0.29) is 18.0 Å². The highest BCUT2D eigenvalue weighted by Crippen LogP contribution is 2.32. The molecule has 33 heavy (non-hydrogen) atoms. The van der Waals surface area contributed by atoms with Crippen molar-refractivity contribution >= 4 is 55.9 Å². The van der Waals surface area contributed by atoms with E-state index < -0.39 is 0 Å². The number of hydrogen-bond donors (Lipinski definition) is 3. The molecule has 0 radical (unpaired) electrons. The predicted molar refractivity (Wildman–Crippen MR) is 133 cm³/mol. The van der Waals surface area contributed by atoms with Crippen molar-refractivity contribution in [3.05, 3.63) is 87.9 Å². The summed E-state index contributed by atoms with van der Waals surface area (Å²) in [5, 5.41) is 9.72. The minimum absolute atomic E-state index is 0.000792. The number of fused-ring (bicyclic) bond motifs is 2. The topological polar surface area (TPSA) is 83.1 Å². The van der Waals surface area contributed by atoms with Crippen LogP contribution in [0.2, 0.25) is 5.02 Å². The number of benzene rings is 3. The Labute approximate surface area is 200 Å². The average Bonchev–Trinajstić information content (AvgIpc) is 3.39. The van der Waals surface area contributed by atoms with Gasteiger partial charge < -0.3 is 10.6 Å². The van der Waals surface area contributed by atoms with Crippen LogP contribution in [0.5, 0.6) is 0 Å². The maximum absolute atomic E-state index is 12.8. The molecule has 5 rings (SSSR count). The molecule has 0 saturated heterocycles. The molecule has 3 aromatic carbocycles. The van der Waals surface area contributed by atoms with Gasteiger partial charge in [-0.25, -0.2) is 9.78 Å². The van der Waals surface area contributed by atoms with Crippen LogP contribution in [-0.4, -0.2) is 16.9 Å². The molecule has 0 fully saturated rings. The Morgan fingerprint density at radius 2 is 1.91 bits per heavy atom. The van der Waals surface area contributed by atoms with Crippen LogP contribution in [0.3, 0.4) is 0 Å². The molecule has 6 nitrogen and oxygen atoms in total. The SMILES string of the molecule is Cc1cccc(Cl)c1NC(=O)c1ccc2nc(NC(=O)NC3CCc4ccccc43)sc2c1. The number of nitrogens with one attached hydrogen (secondary N) is 3. The van der Waals surface area contributed by atoms with Gasteiger partial charge in [0.1, 0.15) is 0 Å². The van der Waals surface area contributed by atoms with Gasteiger partial charge in [-0.1, -0.05) is 59.3 Å². The van der Waals surface area contributed by atoms with Crippen LogP contribution in [0.1, 0.15) is 39.5 Å². The van der Waals surface area contributed by atoms with Crippen LogP contribution < -0.4 is 16.0 Å². The lowest BCUT2D eigenvalue weighted by Crippen LogP contribution is -2.31. The van der Waals surface area contributed by atoms with Crippen molar-refractivity contribution in [2.75, 3.05) is 10.6 Å². The highest BCUT2D eigenvalue weighted by Gasteiger charge is 2.23. The zero-order valence-electron chi connectivity index (χ0n) is 17.8. The Morgan fingerprint density at radius 1 is 1.06 bits per heavy atom. The number of aromatic nitrogens is 1. The van der Waals surface area contributed by atoms with Crippen molar-refractivity contribution in [2.24, 2.45) is 0 Å². The van der Waals surface area contributed by atoms with Crippen LogP contribution in [0.15, 0.2) is 60.7 Å². The van der Waals surface area contributed by atoms with Crippen LogP contribution in [-0.2, 0) is 6.42 Å². The number of para-hydroxylation sites is 1. The summed E-state index contributed by atoms with van der Waals surface area (Å²) >= 11 is 7.55. The fourth-order valence-electron chi connectivity index (χ4n) is 4.09. The summed E-state index contributed by atoms with van der Waals surface area (Å²) in [6, 6.07) is 18.6. The molecule has 4 aromatic rings. The highest BCUT2D eigenvalue weighted by atomic mass is 35.5. The second-order valence-electron chi connectivity index (χ2n) is 7.98. The second-order valence-corrected chi connectivity index (χ2v) is 9.41. The van der Waals surface area contributed by atoms with E-state index in [1.807, 2.05) is 31.2 Å². The summed E-state index contributed by atoms with van der Waals surface area (Å²) in [6.07, 6.45) is 1.84. The van der Waals surface area contributed by atoms with E-state index in [1.54, 1.807) is 24.3 Å². The largest absolute Gasteiger partial charge is 0.331 e. The van der Waals surface area contributed by atoms with E-state index in [0.29, 0.717) is 26.9 Å². The van der Waals surface area contributed by atoms with Gasteiger partial charge in [-0.05, 0) is 60.7 Å². The molecule has 1 aromatic heterocycles. The van der Waals surface area contributed by atoms with Gasteiger partial charge in [0.05, 0.1) is 27.0 Å². The van der Waals surface area contributed by atoms with Crippen molar-refractivity contribution in [1.82, 2.24) is 10.3 Å². The standard InChI is InChI=1S/C25H21ClN4O2S/c1-14-5-4-8-18(26)22(14)29-23(31)16-10-12-20-21(13-16)33-25(28-20)30-24(32)27-19-11-9-15-6-2-3-7-17(15)19/h2-8,10,12-13,19H,9,11H2,1H3,(H,29,31)(H2,27,28,30,32). The maximum atomic E-state index is 12.8. The lowest BCUT2D eigenvalue weighted by Gasteiger charge is -2.13. The molecule has 0 bridgehead atoms. The van der Waals surface area contributed by atoms with E-state index in [0.717, 1.165) is 23.1 Å². The molecule has 1 aliphatic rings. The lowest BCUT2D eigenvalue weighted by molar-refractivity contribution is 0.102. The molecular weight excluding hydrogens is 456 g/mol. The van der Waals surface area contributed by atoms with Crippen molar-refractivity contribution in [3.8, 4) is 0 Å². The third-order valence-electron chi connectivity index (χ3n) is 5.77. The number of aryl methyl sites for hydroxylation is 2. The molecule has 1 heterocycles. The molecule has 1 atom stereocenters. The monoisotopic (exact) mass is 476 g/mol. The van der Waals surface area contributed by atoms with Gasteiger partial charge in [0.2, 0.25) is 0 Å². The molecule has 0 aliphatic heterocycles. The Hall–Kier alpha value is -3.42. The number of nitrogens with zero attached hydrogens (tertiary/aromatic N) is 1. The van der Waals surface area contributed by atoms with Crippen LogP contribution in [0, 0.1) is 6.92 Å². The smallest absolute Gasteiger partial charge is 0.321 e. The summed E-state index contributed by atoms with van der Waals surface area (Å²) in [5.74, 6) is -0.256. The summed E-state index contributed by atoms with van der Waals surface area (Å²) in [7, 11) is 0. The number of amides is 3. The normalized spacial score (nSPS) is 14.7. The van der Waals surface area contributed by atoms with E-state index >= 15 is 0 Å². The van der Waals surface area contributed by atoms with Gasteiger partial charge in [0, 0.05) is 5.56 Å². The fraction of sp³-hybridized carbons (Fsp3) is 0.160. The molecule has 0 saturated carbocycles. The van der Waals surface area contributed by atoms with Gasteiger partial charge in [0.25, 0.3) is 5.91 Å². The minimum atomic E-state index is -0.289. The molecule has 1 aliphatic carbocycles. The molecule has 8 heteroatoms. The Morgan fingerprint density at radius 3 is 2.76 bits per heavy atom. The number of halogens is 1. The molecule has 3 N–H and O–H groups in total. The molecule has 1 unspecified atom stereocenters. The Bertz CT molecular complexity index is 1360. The van der Waals surface area contributed by atoms with Crippen LogP contribution >= 0.6 is 22.9 Å². The summed E-state index contributed by atoms with van der Waals surface area (Å²) < 4.78 is 0.806. The number of rotatable bonds is 4. The van der Waals surface area contributed by atoms with Gasteiger partial charge in [-0.2, -0.15) is 0 Å². The fourth-order valence-corrected chi connectivity index (χ4v) is 5.26. The van der Waals surface area contributed by atoms with Crippen molar-refractivity contribution in [1.29, 1.82) is 0 Å². The minimum Gasteiger partial charge on any atom is -0.331 e. The molecular formula is C25H21ClN4O2S. The first-order valence-corrected chi connectivity index (χ1v) is 11.8. The zero-order chi connectivity index (χ0) is 22.9. The first-order valence-electron chi connectivity index (χ1n) is 10.6. The van der Waals surface area contributed by atoms with E-state index in [9.17, 15) is 9.59 Å². The quantitative estimate of drug-likeness (QED) is 0.322. The maximum Gasteiger partial charge on any atom is 0.321 e. The number of carbonyl (C=O) groups is 2. The number of urea groups is 1. The number of thiazole rings is 1. The molecule has 166 valence electrons. The number of hydrogen-bond acceptors (Lipinski definition) is 4. The van der Waals surface area contributed by atoms with Gasteiger partial charge in [0.15, 0.2) is 5.13 Å². The van der Waals surface area contributed by atoms with Crippen molar-refractivity contribution < 1.29 is 9.59 Å². The van der Waals surface area contributed by atoms with Crippen molar-refractivity contribution in [2.45, 2.75) is 25.8 Å². The van der Waals surface area contributed by atoms with E-state index in [4.69, 9.17) is 11.6 Å². The summed E-state index contributed by atoms with van der Waals surface area (Å²) in [5.41, 5.74) is 5.14. The van der Waals surface area contributed by atoms with Crippen molar-refractivity contribution in [3.63, 3.8) is 0 Å². The summed E-state index contributed by atoms with van der Waals surface area (Å²) in [6.45, 7) is 1.89. The third-order valence-corrected chi connectivity index (χ3v) is 7.02. The predicted octanol–water partition coefficient (Wildman–Crippen LogP) is 6.32. The second kappa shape index (κ2) is 8.84. The molecule has 0 spiro atoms. The summed E-state index contributed by atoms with van der Waals surface area (Å²) in [4.78, 5) is 29.8.